The minimum atomic E-state index is -3.89. The lowest BCUT2D eigenvalue weighted by Gasteiger charge is -2.33. The van der Waals surface area contributed by atoms with E-state index in [0.717, 1.165) is 29.5 Å². The predicted octanol–water partition coefficient (Wildman–Crippen LogP) is 5.90. The van der Waals surface area contributed by atoms with Gasteiger partial charge >= 0.3 is 7.60 Å². The van der Waals surface area contributed by atoms with E-state index in [0.29, 0.717) is 17.0 Å². The minimum Gasteiger partial charge on any atom is -0.421 e. The van der Waals surface area contributed by atoms with Crippen molar-refractivity contribution < 1.29 is 14.0 Å². The molecule has 2 aromatic rings. The van der Waals surface area contributed by atoms with Crippen LogP contribution in [0.1, 0.15) is 69.9 Å². The number of benzene rings is 2. The van der Waals surface area contributed by atoms with Crippen molar-refractivity contribution in [1.29, 1.82) is 0 Å². The van der Waals surface area contributed by atoms with Crippen LogP contribution < -0.4 is 9.83 Å². The van der Waals surface area contributed by atoms with Crippen LogP contribution in [0, 0.1) is 0 Å². The summed E-state index contributed by atoms with van der Waals surface area (Å²) < 4.78 is 18.8. The second kappa shape index (κ2) is 6.25. The van der Waals surface area contributed by atoms with Crippen molar-refractivity contribution in [1.82, 2.24) is 0 Å². The Morgan fingerprint density at radius 2 is 1.73 bits per heavy atom. The normalized spacial score (nSPS) is 23.1. The third-order valence-electron chi connectivity index (χ3n) is 5.73. The van der Waals surface area contributed by atoms with Gasteiger partial charge in [-0.3, -0.25) is 0 Å². The number of fused-ring (bicyclic) bond motifs is 3. The van der Waals surface area contributed by atoms with E-state index in [4.69, 9.17) is 4.52 Å². The van der Waals surface area contributed by atoms with Crippen molar-refractivity contribution in [2.24, 2.45) is 0 Å². The molecule has 1 N–H and O–H groups in total. The zero-order valence-electron chi connectivity index (χ0n) is 15.8. The average Bonchev–Trinajstić information content (AvgIpc) is 2.60. The van der Waals surface area contributed by atoms with Crippen LogP contribution in [0.3, 0.4) is 0 Å². The highest BCUT2D eigenvalue weighted by atomic mass is 31.2. The van der Waals surface area contributed by atoms with Gasteiger partial charge in [0.05, 0.1) is 5.30 Å². The van der Waals surface area contributed by atoms with E-state index in [9.17, 15) is 9.46 Å². The Kier molecular flexibility index (Phi) is 4.28. The van der Waals surface area contributed by atoms with Gasteiger partial charge in [0.15, 0.2) is 0 Å². The molecule has 0 spiro atoms. The van der Waals surface area contributed by atoms with E-state index in [-0.39, 0.29) is 5.41 Å². The van der Waals surface area contributed by atoms with Gasteiger partial charge in [-0.05, 0) is 47.4 Å². The van der Waals surface area contributed by atoms with Crippen molar-refractivity contribution in [2.45, 2.75) is 64.2 Å². The molecular weight excluding hydrogens is 343 g/mol. The summed E-state index contributed by atoms with van der Waals surface area (Å²) in [7, 11) is -3.89. The van der Waals surface area contributed by atoms with Crippen LogP contribution in [-0.4, -0.2) is 4.89 Å². The Balaban J connectivity index is 2.02. The zero-order valence-corrected chi connectivity index (χ0v) is 16.7. The van der Waals surface area contributed by atoms with Crippen LogP contribution in [0.4, 0.5) is 0 Å². The fourth-order valence-corrected chi connectivity index (χ4v) is 5.86. The maximum atomic E-state index is 13.2. The topological polar surface area (TPSA) is 46.5 Å². The summed E-state index contributed by atoms with van der Waals surface area (Å²) in [6, 6.07) is 11.9. The molecule has 1 saturated carbocycles. The molecule has 3 nitrogen and oxygen atoms in total. The van der Waals surface area contributed by atoms with Crippen molar-refractivity contribution in [3.63, 3.8) is 0 Å². The van der Waals surface area contributed by atoms with Crippen molar-refractivity contribution in [3.8, 4) is 16.9 Å². The largest absolute Gasteiger partial charge is 0.421 e. The molecule has 0 saturated heterocycles. The summed E-state index contributed by atoms with van der Waals surface area (Å²) in [5, 5.41) is 0.538. The maximum Gasteiger partial charge on any atom is 0.409 e. The summed E-state index contributed by atoms with van der Waals surface area (Å²) in [6.07, 6.45) is 5.80. The molecule has 1 unspecified atom stereocenters. The zero-order chi connectivity index (χ0) is 18.5. The van der Waals surface area contributed by atoms with E-state index in [1.807, 2.05) is 18.2 Å². The highest BCUT2D eigenvalue weighted by Gasteiger charge is 2.39. The summed E-state index contributed by atoms with van der Waals surface area (Å²) >= 11 is 0. The van der Waals surface area contributed by atoms with Gasteiger partial charge in [0, 0.05) is 11.1 Å². The van der Waals surface area contributed by atoms with Gasteiger partial charge in [-0.25, -0.2) is 4.57 Å². The molecule has 0 bridgehead atoms. The lowest BCUT2D eigenvalue weighted by atomic mass is 9.78. The molecule has 138 valence electrons. The second-order valence-electron chi connectivity index (χ2n) is 8.65. The third kappa shape index (κ3) is 3.02. The summed E-state index contributed by atoms with van der Waals surface area (Å²) in [5.41, 5.74) is 4.03. The number of rotatable bonds is 1. The fourth-order valence-electron chi connectivity index (χ4n) is 4.28. The molecular formula is C22H27O3P. The summed E-state index contributed by atoms with van der Waals surface area (Å²) in [6.45, 7) is 6.59. The molecule has 2 aliphatic rings. The van der Waals surface area contributed by atoms with Gasteiger partial charge in [0.1, 0.15) is 5.75 Å². The first kappa shape index (κ1) is 17.8. The van der Waals surface area contributed by atoms with Crippen LogP contribution in [0.5, 0.6) is 5.75 Å². The van der Waals surface area contributed by atoms with Gasteiger partial charge in [-0.15, -0.1) is 0 Å². The molecule has 1 atom stereocenters. The van der Waals surface area contributed by atoms with Gasteiger partial charge in [-0.2, -0.15) is 0 Å². The maximum absolute atomic E-state index is 13.2. The average molecular weight is 370 g/mol. The van der Waals surface area contributed by atoms with Crippen molar-refractivity contribution >= 4 is 12.9 Å². The first-order chi connectivity index (χ1) is 12.3. The van der Waals surface area contributed by atoms with E-state index in [1.54, 1.807) is 6.07 Å². The third-order valence-corrected chi connectivity index (χ3v) is 7.24. The van der Waals surface area contributed by atoms with Crippen LogP contribution in [0.2, 0.25) is 0 Å². The molecule has 1 heterocycles. The molecule has 4 heteroatoms. The Morgan fingerprint density at radius 1 is 1.04 bits per heavy atom. The Hall–Kier alpha value is -1.57. The van der Waals surface area contributed by atoms with Gasteiger partial charge in [0.25, 0.3) is 0 Å². The van der Waals surface area contributed by atoms with Gasteiger partial charge in [0.2, 0.25) is 0 Å². The van der Waals surface area contributed by atoms with E-state index < -0.39 is 7.60 Å². The molecule has 2 aromatic carbocycles. The molecule has 0 amide bonds. The van der Waals surface area contributed by atoms with Crippen LogP contribution in [-0.2, 0) is 9.98 Å². The van der Waals surface area contributed by atoms with E-state index in [1.165, 1.54) is 24.8 Å². The molecule has 0 radical (unpaired) electrons. The van der Waals surface area contributed by atoms with E-state index >= 15 is 0 Å². The quantitative estimate of drug-likeness (QED) is 0.636. The molecule has 4 rings (SSSR count). The Morgan fingerprint density at radius 3 is 2.42 bits per heavy atom. The van der Waals surface area contributed by atoms with Crippen LogP contribution in [0.15, 0.2) is 36.4 Å². The lowest BCUT2D eigenvalue weighted by molar-refractivity contribution is 0.390. The highest BCUT2D eigenvalue weighted by molar-refractivity contribution is 7.62. The van der Waals surface area contributed by atoms with Crippen molar-refractivity contribution in [3.05, 3.63) is 47.5 Å². The minimum absolute atomic E-state index is 0.0227. The molecule has 0 aromatic heterocycles. The molecule has 1 fully saturated rings. The Labute approximate surface area is 155 Å². The first-order valence-electron chi connectivity index (χ1n) is 9.58. The smallest absolute Gasteiger partial charge is 0.409 e. The first-order valence-corrected chi connectivity index (χ1v) is 11.2. The molecule has 26 heavy (non-hydrogen) atoms. The molecule has 1 aliphatic carbocycles. The number of hydrogen-bond acceptors (Lipinski definition) is 2. The van der Waals surface area contributed by atoms with Crippen molar-refractivity contribution in [2.75, 3.05) is 0 Å². The number of para-hydroxylation sites is 1. The van der Waals surface area contributed by atoms with Gasteiger partial charge < -0.3 is 9.42 Å². The highest BCUT2D eigenvalue weighted by Crippen LogP contribution is 2.54. The summed E-state index contributed by atoms with van der Waals surface area (Å²) in [4.78, 5) is 10.8. The molecule has 1 aliphatic heterocycles. The van der Waals surface area contributed by atoms with Gasteiger partial charge in [-0.1, -0.05) is 64.3 Å². The van der Waals surface area contributed by atoms with E-state index in [2.05, 4.69) is 32.9 Å². The standard InChI is InChI=1S/C22H27O3P/c1-22(2,3)16-13-18(15-9-5-4-6-10-15)21-19(14-16)17-11-7-8-12-20(17)25-26(21,23)24/h7-8,11-15H,4-6,9-10H2,1-3H3,(H,23,24). The monoisotopic (exact) mass is 370 g/mol. The second-order valence-corrected chi connectivity index (χ2v) is 10.3. The fraction of sp³-hybridized carbons (Fsp3) is 0.455. The SMILES string of the molecule is CC(C)(C)c1cc2c(c(C3CCCCC3)c1)P(=O)(O)Oc1ccccc1-2. The van der Waals surface area contributed by atoms with Crippen LogP contribution in [0.25, 0.3) is 11.1 Å². The predicted molar refractivity (Wildman–Crippen MR) is 106 cm³/mol. The lowest BCUT2D eigenvalue weighted by Crippen LogP contribution is -2.26. The number of hydrogen-bond donors (Lipinski definition) is 1. The van der Waals surface area contributed by atoms with Crippen LogP contribution >= 0.6 is 7.60 Å². The Bertz CT molecular complexity index is 889. The summed E-state index contributed by atoms with van der Waals surface area (Å²) in [5.74, 6) is 0.848.